The number of hydrogen-bond acceptors (Lipinski definition) is 4. The summed E-state index contributed by atoms with van der Waals surface area (Å²) in [5.74, 6) is -1.09. The monoisotopic (exact) mass is 722 g/mol. The Morgan fingerprint density at radius 1 is 0.462 bits per heavy atom. The molecule has 0 aromatic heterocycles. The maximum Gasteiger partial charge on any atom is 0.266 e. The molecule has 2 atom stereocenters. The highest BCUT2D eigenvalue weighted by Gasteiger charge is 2.39. The van der Waals surface area contributed by atoms with Crippen LogP contribution < -0.4 is 9.80 Å². The van der Waals surface area contributed by atoms with Crippen molar-refractivity contribution < 1.29 is 19.2 Å². The Labute approximate surface area is 309 Å². The fourth-order valence-electron chi connectivity index (χ4n) is 8.21. The van der Waals surface area contributed by atoms with E-state index in [4.69, 9.17) is 23.2 Å². The number of carbonyl (C=O) groups is 4. The Balaban J connectivity index is 1.25. The summed E-state index contributed by atoms with van der Waals surface area (Å²) in [7, 11) is 0. The molecule has 0 spiro atoms. The van der Waals surface area contributed by atoms with Gasteiger partial charge in [0.1, 0.15) is 0 Å². The second-order valence-electron chi connectivity index (χ2n) is 14.1. The quantitative estimate of drug-likeness (QED) is 0.0972. The molecule has 2 unspecified atom stereocenters. The van der Waals surface area contributed by atoms with E-state index >= 15 is 0 Å². The zero-order valence-corrected chi connectivity index (χ0v) is 30.4. The molecule has 9 rings (SSSR count). The molecule has 7 aromatic carbocycles. The third-order valence-electron chi connectivity index (χ3n) is 11.4. The highest BCUT2D eigenvalue weighted by atomic mass is 35.5. The Bertz CT molecular complexity index is 2550. The minimum Gasteiger partial charge on any atom is -0.268 e. The molecule has 256 valence electrons. The number of imide groups is 2. The molecule has 0 bridgehead atoms. The molecule has 6 nitrogen and oxygen atoms in total. The summed E-state index contributed by atoms with van der Waals surface area (Å²) in [5, 5.41) is 5.53. The van der Waals surface area contributed by atoms with Gasteiger partial charge in [-0.2, -0.15) is 0 Å². The van der Waals surface area contributed by atoms with Gasteiger partial charge in [0.05, 0.1) is 22.5 Å². The molecular formula is C44H32Cl2N2O4. The number of halogens is 2. The minimum absolute atomic E-state index is 0.314. The van der Waals surface area contributed by atoms with Crippen molar-refractivity contribution in [1.82, 2.24) is 0 Å². The first-order valence-electron chi connectivity index (χ1n) is 17.6. The van der Waals surface area contributed by atoms with E-state index in [2.05, 4.69) is 27.7 Å². The summed E-state index contributed by atoms with van der Waals surface area (Å²) in [6.45, 7) is 8.52. The summed E-state index contributed by atoms with van der Waals surface area (Å²) >= 11 is 14.3. The molecule has 2 aliphatic rings. The van der Waals surface area contributed by atoms with E-state index in [9.17, 15) is 19.2 Å². The Hall–Kier alpha value is -5.30. The minimum atomic E-state index is -0.463. The van der Waals surface area contributed by atoms with Crippen molar-refractivity contribution in [3.05, 3.63) is 128 Å². The second kappa shape index (κ2) is 11.6. The zero-order valence-electron chi connectivity index (χ0n) is 28.9. The number of anilines is 2. The zero-order chi connectivity index (χ0) is 36.3. The highest BCUT2D eigenvalue weighted by molar-refractivity contribution is 6.52. The average molecular weight is 724 g/mol. The standard InChI is InChI=1S/C44H32Cl2N2O4/c1-5-21(3)23-7-11-25(12-8-23)47-41(49)29-17-15-27-38-34(46)20-32-36-30(42(50)48(44(32)52)26-13-9-24(10-14-26)22(4)6-2)18-16-28(40(36)38)37-33(45)19-31(43(47)51)35(29)39(27)37/h7-22H,5-6H2,1-4H3. The molecule has 7 aromatic rings. The van der Waals surface area contributed by atoms with E-state index in [0.29, 0.717) is 98.6 Å². The molecule has 52 heavy (non-hydrogen) atoms. The van der Waals surface area contributed by atoms with Crippen molar-refractivity contribution in [1.29, 1.82) is 0 Å². The first-order valence-corrected chi connectivity index (χ1v) is 18.4. The van der Waals surface area contributed by atoms with Crippen LogP contribution in [0.4, 0.5) is 11.4 Å². The van der Waals surface area contributed by atoms with Crippen LogP contribution in [0.3, 0.4) is 0 Å². The van der Waals surface area contributed by atoms with Gasteiger partial charge in [-0.1, -0.05) is 87.3 Å². The second-order valence-corrected chi connectivity index (χ2v) is 14.9. The van der Waals surface area contributed by atoms with Crippen LogP contribution >= 0.6 is 23.2 Å². The maximum absolute atomic E-state index is 14.2. The Morgan fingerprint density at radius 3 is 1.15 bits per heavy atom. The van der Waals surface area contributed by atoms with E-state index in [1.54, 1.807) is 24.3 Å². The third kappa shape index (κ3) is 4.31. The van der Waals surface area contributed by atoms with Crippen LogP contribution in [0.1, 0.15) is 105 Å². The van der Waals surface area contributed by atoms with E-state index in [1.165, 1.54) is 9.80 Å². The largest absolute Gasteiger partial charge is 0.268 e. The Kier molecular flexibility index (Phi) is 7.28. The molecule has 2 aliphatic heterocycles. The first-order chi connectivity index (χ1) is 25.0. The summed E-state index contributed by atoms with van der Waals surface area (Å²) in [6.07, 6.45) is 1.95. The van der Waals surface area contributed by atoms with Crippen LogP contribution in [0.25, 0.3) is 43.1 Å². The predicted molar refractivity (Wildman–Crippen MR) is 210 cm³/mol. The molecule has 0 saturated heterocycles. The van der Waals surface area contributed by atoms with Gasteiger partial charge in [-0.3, -0.25) is 19.2 Å². The smallest absolute Gasteiger partial charge is 0.266 e. The van der Waals surface area contributed by atoms with Gasteiger partial charge in [-0.25, -0.2) is 9.80 Å². The summed E-state index contributed by atoms with van der Waals surface area (Å²) in [4.78, 5) is 59.3. The molecule has 0 N–H and O–H groups in total. The van der Waals surface area contributed by atoms with Gasteiger partial charge in [0.25, 0.3) is 23.6 Å². The van der Waals surface area contributed by atoms with E-state index < -0.39 is 23.6 Å². The summed E-state index contributed by atoms with van der Waals surface area (Å²) in [5.41, 5.74) is 4.62. The van der Waals surface area contributed by atoms with Gasteiger partial charge in [-0.15, -0.1) is 0 Å². The van der Waals surface area contributed by atoms with E-state index in [0.717, 1.165) is 24.0 Å². The van der Waals surface area contributed by atoms with Crippen molar-refractivity contribution in [3.63, 3.8) is 0 Å². The Morgan fingerprint density at radius 2 is 0.808 bits per heavy atom. The SMILES string of the molecule is CCC(C)c1ccc(N2C(=O)c3ccc4c5c(Cl)cc6c7c(ccc(c8c(Cl)cc(c3c48)C2=O)c75)C(=O)N(c2ccc(C(C)CC)cc2)C6=O)cc1. The van der Waals surface area contributed by atoms with Gasteiger partial charge >= 0.3 is 0 Å². The number of rotatable bonds is 6. The van der Waals surface area contributed by atoms with E-state index in [-0.39, 0.29) is 0 Å². The molecular weight excluding hydrogens is 691 g/mol. The average Bonchev–Trinajstić information content (AvgIpc) is 3.16. The highest BCUT2D eigenvalue weighted by Crippen LogP contribution is 2.51. The number of nitrogens with zero attached hydrogens (tertiary/aromatic N) is 2. The molecule has 8 heteroatoms. The summed E-state index contributed by atoms with van der Waals surface area (Å²) < 4.78 is 0. The lowest BCUT2D eigenvalue weighted by Crippen LogP contribution is -2.40. The lowest BCUT2D eigenvalue weighted by Gasteiger charge is -2.31. The van der Waals surface area contributed by atoms with Crippen LogP contribution in [-0.4, -0.2) is 23.6 Å². The molecule has 0 aliphatic carbocycles. The van der Waals surface area contributed by atoms with Crippen molar-refractivity contribution in [2.24, 2.45) is 0 Å². The van der Waals surface area contributed by atoms with Crippen molar-refractivity contribution in [3.8, 4) is 0 Å². The van der Waals surface area contributed by atoms with Crippen molar-refractivity contribution in [2.45, 2.75) is 52.4 Å². The van der Waals surface area contributed by atoms with Gasteiger partial charge in [0, 0.05) is 53.5 Å². The number of hydrogen-bond donors (Lipinski definition) is 0. The van der Waals surface area contributed by atoms with Gasteiger partial charge < -0.3 is 0 Å². The number of fused-ring (bicyclic) bond motifs is 2. The molecule has 2 heterocycles. The van der Waals surface area contributed by atoms with Crippen LogP contribution in [0.2, 0.25) is 10.0 Å². The fourth-order valence-corrected chi connectivity index (χ4v) is 8.82. The van der Waals surface area contributed by atoms with Crippen LogP contribution in [-0.2, 0) is 0 Å². The fraction of sp³-hybridized carbons (Fsp3) is 0.182. The number of amides is 4. The molecule has 0 fully saturated rings. The topological polar surface area (TPSA) is 74.8 Å². The van der Waals surface area contributed by atoms with Crippen LogP contribution in [0.5, 0.6) is 0 Å². The van der Waals surface area contributed by atoms with Crippen molar-refractivity contribution in [2.75, 3.05) is 9.80 Å². The van der Waals surface area contributed by atoms with Crippen LogP contribution in [0.15, 0.2) is 84.9 Å². The van der Waals surface area contributed by atoms with Gasteiger partial charge in [0.15, 0.2) is 0 Å². The molecule has 0 saturated carbocycles. The molecule has 4 amide bonds. The lowest BCUT2D eigenvalue weighted by atomic mass is 9.82. The lowest BCUT2D eigenvalue weighted by molar-refractivity contribution is 0.0877. The number of benzene rings is 7. The predicted octanol–water partition coefficient (Wildman–Crippen LogP) is 11.7. The summed E-state index contributed by atoms with van der Waals surface area (Å²) in [6, 6.07) is 25.5. The maximum atomic E-state index is 14.2. The molecule has 0 radical (unpaired) electrons. The normalized spacial score (nSPS) is 15.6. The third-order valence-corrected chi connectivity index (χ3v) is 12.0. The first kappa shape index (κ1) is 32.6. The van der Waals surface area contributed by atoms with Crippen molar-refractivity contribution >= 4 is 101 Å². The van der Waals surface area contributed by atoms with E-state index in [1.807, 2.05) is 60.7 Å². The number of carbonyl (C=O) groups excluding carboxylic acids is 4. The van der Waals surface area contributed by atoms with Gasteiger partial charge in [-0.05, 0) is 95.1 Å². The van der Waals surface area contributed by atoms with Crippen LogP contribution in [0, 0.1) is 0 Å². The van der Waals surface area contributed by atoms with Gasteiger partial charge in [0.2, 0.25) is 0 Å².